The largest absolute Gasteiger partial charge is 0.379 e. The van der Waals surface area contributed by atoms with Gasteiger partial charge in [-0.3, -0.25) is 0 Å². The Morgan fingerprint density at radius 3 is 3.12 bits per heavy atom. The highest BCUT2D eigenvalue weighted by atomic mass is 32.1. The first kappa shape index (κ1) is 16.9. The third-order valence-electron chi connectivity index (χ3n) is 4.94. The van der Waals surface area contributed by atoms with Crippen LogP contribution in [0.4, 0.5) is 5.95 Å². The van der Waals surface area contributed by atoms with Crippen molar-refractivity contribution in [2.45, 2.75) is 57.8 Å². The summed E-state index contributed by atoms with van der Waals surface area (Å²) in [5.41, 5.74) is 6.47. The van der Waals surface area contributed by atoms with Crippen molar-refractivity contribution < 1.29 is 9.47 Å². The van der Waals surface area contributed by atoms with Gasteiger partial charge in [-0.1, -0.05) is 0 Å². The van der Waals surface area contributed by atoms with E-state index in [2.05, 4.69) is 17.2 Å². The molecule has 1 aliphatic carbocycles. The Morgan fingerprint density at radius 1 is 1.32 bits per heavy atom. The standard InChI is InChI=1S/C18H24N4O2S/c1-12-14-4-2-3-5-15(14)21-18(20-12)22-16-6-7-23-9-17(16)24-8-13-10-25-11-19-13/h10-11,16-17H,2-9H2,1H3,(H,20,21,22)/t16-,17-/m1/s1. The predicted molar refractivity (Wildman–Crippen MR) is 96.9 cm³/mol. The average Bonchev–Trinajstić information content (AvgIpc) is 3.15. The lowest BCUT2D eigenvalue weighted by Crippen LogP contribution is -2.44. The minimum Gasteiger partial charge on any atom is -0.379 e. The van der Waals surface area contributed by atoms with Crippen LogP contribution in [0.2, 0.25) is 0 Å². The number of rotatable bonds is 5. The van der Waals surface area contributed by atoms with Crippen LogP contribution < -0.4 is 5.32 Å². The SMILES string of the molecule is Cc1nc(N[C@@H]2CCOC[C@H]2OCc2cscn2)nc2c1CCCC2. The quantitative estimate of drug-likeness (QED) is 0.884. The molecule has 1 saturated heterocycles. The van der Waals surface area contributed by atoms with Gasteiger partial charge in [-0.15, -0.1) is 11.3 Å². The van der Waals surface area contributed by atoms with Gasteiger partial charge in [0, 0.05) is 23.4 Å². The van der Waals surface area contributed by atoms with Crippen molar-refractivity contribution in [3.05, 3.63) is 33.5 Å². The lowest BCUT2D eigenvalue weighted by molar-refractivity contribution is -0.0645. The summed E-state index contributed by atoms with van der Waals surface area (Å²) in [6, 6.07) is 0.161. The maximum Gasteiger partial charge on any atom is 0.223 e. The Balaban J connectivity index is 1.45. The number of ether oxygens (including phenoxy) is 2. The third kappa shape index (κ3) is 3.99. The molecule has 6 nitrogen and oxygen atoms in total. The molecule has 25 heavy (non-hydrogen) atoms. The summed E-state index contributed by atoms with van der Waals surface area (Å²) in [5.74, 6) is 0.729. The molecule has 134 valence electrons. The molecule has 7 heteroatoms. The molecule has 0 radical (unpaired) electrons. The second-order valence-electron chi connectivity index (χ2n) is 6.71. The number of anilines is 1. The van der Waals surface area contributed by atoms with Crippen molar-refractivity contribution in [3.63, 3.8) is 0 Å². The zero-order valence-corrected chi connectivity index (χ0v) is 15.3. The fourth-order valence-corrected chi connectivity index (χ4v) is 4.10. The van der Waals surface area contributed by atoms with Gasteiger partial charge in [-0.25, -0.2) is 15.0 Å². The van der Waals surface area contributed by atoms with E-state index in [1.165, 1.54) is 24.1 Å². The molecule has 2 aromatic heterocycles. The molecule has 1 fully saturated rings. The lowest BCUT2D eigenvalue weighted by atomic mass is 9.95. The summed E-state index contributed by atoms with van der Waals surface area (Å²) in [4.78, 5) is 13.8. The summed E-state index contributed by atoms with van der Waals surface area (Å²) in [6.07, 6.45) is 5.51. The molecule has 3 heterocycles. The van der Waals surface area contributed by atoms with Crippen molar-refractivity contribution in [2.24, 2.45) is 0 Å². The van der Waals surface area contributed by atoms with E-state index in [0.717, 1.165) is 43.2 Å². The highest BCUT2D eigenvalue weighted by Crippen LogP contribution is 2.24. The summed E-state index contributed by atoms with van der Waals surface area (Å²) >= 11 is 1.59. The second kappa shape index (κ2) is 7.76. The highest BCUT2D eigenvalue weighted by molar-refractivity contribution is 7.07. The maximum atomic E-state index is 6.06. The number of thiazole rings is 1. The van der Waals surface area contributed by atoms with E-state index in [1.807, 2.05) is 10.9 Å². The number of hydrogen-bond acceptors (Lipinski definition) is 7. The fraction of sp³-hybridized carbons (Fsp3) is 0.611. The first-order valence-electron chi connectivity index (χ1n) is 8.99. The van der Waals surface area contributed by atoms with Crippen LogP contribution >= 0.6 is 11.3 Å². The van der Waals surface area contributed by atoms with Gasteiger partial charge in [0.05, 0.1) is 30.5 Å². The molecule has 2 aliphatic rings. The zero-order chi connectivity index (χ0) is 17.1. The van der Waals surface area contributed by atoms with E-state index in [9.17, 15) is 0 Å². The van der Waals surface area contributed by atoms with Gasteiger partial charge in [0.25, 0.3) is 0 Å². The van der Waals surface area contributed by atoms with Crippen LogP contribution in [-0.2, 0) is 28.9 Å². The molecular formula is C18H24N4O2S. The Labute approximate surface area is 152 Å². The van der Waals surface area contributed by atoms with Crippen molar-refractivity contribution in [1.29, 1.82) is 0 Å². The molecule has 0 unspecified atom stereocenters. The third-order valence-corrected chi connectivity index (χ3v) is 5.57. The Kier molecular flexibility index (Phi) is 5.24. The normalized spacial score (nSPS) is 23.2. The van der Waals surface area contributed by atoms with Gasteiger partial charge in [0.2, 0.25) is 5.95 Å². The summed E-state index contributed by atoms with van der Waals surface area (Å²) < 4.78 is 11.7. The number of fused-ring (bicyclic) bond motifs is 1. The molecule has 0 amide bonds. The summed E-state index contributed by atoms with van der Waals surface area (Å²) in [7, 11) is 0. The van der Waals surface area contributed by atoms with Gasteiger partial charge in [-0.05, 0) is 44.6 Å². The van der Waals surface area contributed by atoms with Gasteiger partial charge >= 0.3 is 0 Å². The first-order valence-corrected chi connectivity index (χ1v) is 9.93. The molecule has 0 aromatic carbocycles. The van der Waals surface area contributed by atoms with E-state index >= 15 is 0 Å². The van der Waals surface area contributed by atoms with Crippen LogP contribution in [-0.4, -0.2) is 40.3 Å². The molecule has 1 aliphatic heterocycles. The molecule has 4 rings (SSSR count). The Bertz CT molecular complexity index is 707. The van der Waals surface area contributed by atoms with Crippen LogP contribution in [0.1, 0.15) is 41.9 Å². The Hall–Kier alpha value is -1.57. The first-order chi connectivity index (χ1) is 12.3. The van der Waals surface area contributed by atoms with E-state index in [-0.39, 0.29) is 12.1 Å². The Morgan fingerprint density at radius 2 is 2.24 bits per heavy atom. The molecular weight excluding hydrogens is 336 g/mol. The van der Waals surface area contributed by atoms with Crippen LogP contribution in [0.15, 0.2) is 10.9 Å². The smallest absolute Gasteiger partial charge is 0.223 e. The van der Waals surface area contributed by atoms with E-state index < -0.39 is 0 Å². The van der Waals surface area contributed by atoms with Crippen LogP contribution in [0.5, 0.6) is 0 Å². The predicted octanol–water partition coefficient (Wildman–Crippen LogP) is 2.91. The molecule has 2 atom stereocenters. The number of aromatic nitrogens is 3. The minimum atomic E-state index is -0.0182. The average molecular weight is 360 g/mol. The van der Waals surface area contributed by atoms with E-state index in [4.69, 9.17) is 19.4 Å². The number of hydrogen-bond donors (Lipinski definition) is 1. The van der Waals surface area contributed by atoms with E-state index in [0.29, 0.717) is 13.2 Å². The monoisotopic (exact) mass is 360 g/mol. The van der Waals surface area contributed by atoms with Crippen LogP contribution in [0.3, 0.4) is 0 Å². The topological polar surface area (TPSA) is 69.2 Å². The van der Waals surface area contributed by atoms with Crippen molar-refractivity contribution >= 4 is 17.3 Å². The van der Waals surface area contributed by atoms with Crippen molar-refractivity contribution in [1.82, 2.24) is 15.0 Å². The molecule has 2 aromatic rings. The van der Waals surface area contributed by atoms with E-state index in [1.54, 1.807) is 11.3 Å². The number of nitrogens with zero attached hydrogens (tertiary/aromatic N) is 3. The van der Waals surface area contributed by atoms with Crippen LogP contribution in [0, 0.1) is 6.92 Å². The summed E-state index contributed by atoms with van der Waals surface area (Å²) in [6.45, 7) is 3.93. The number of aryl methyl sites for hydroxylation is 2. The van der Waals surface area contributed by atoms with Gasteiger partial charge in [0.15, 0.2) is 0 Å². The van der Waals surface area contributed by atoms with Crippen molar-refractivity contribution in [2.75, 3.05) is 18.5 Å². The van der Waals surface area contributed by atoms with Crippen molar-refractivity contribution in [3.8, 4) is 0 Å². The van der Waals surface area contributed by atoms with Gasteiger partial charge < -0.3 is 14.8 Å². The number of nitrogens with one attached hydrogen (secondary N) is 1. The molecule has 1 N–H and O–H groups in total. The molecule has 0 spiro atoms. The second-order valence-corrected chi connectivity index (χ2v) is 7.43. The summed E-state index contributed by atoms with van der Waals surface area (Å²) in [5, 5.41) is 5.52. The fourth-order valence-electron chi connectivity index (χ4n) is 3.55. The molecule has 0 saturated carbocycles. The minimum absolute atomic E-state index is 0.0182. The highest BCUT2D eigenvalue weighted by Gasteiger charge is 2.28. The zero-order valence-electron chi connectivity index (χ0n) is 14.5. The maximum absolute atomic E-state index is 6.06. The van der Waals surface area contributed by atoms with Gasteiger partial charge in [-0.2, -0.15) is 0 Å². The lowest BCUT2D eigenvalue weighted by Gasteiger charge is -2.32. The van der Waals surface area contributed by atoms with Crippen LogP contribution in [0.25, 0.3) is 0 Å². The van der Waals surface area contributed by atoms with Gasteiger partial charge in [0.1, 0.15) is 6.10 Å². The molecule has 0 bridgehead atoms.